The van der Waals surface area contributed by atoms with Crippen molar-refractivity contribution in [1.82, 2.24) is 16.0 Å². The zero-order valence-corrected chi connectivity index (χ0v) is 17.0. The average molecular weight is 379 g/mol. The Kier molecular flexibility index (Phi) is 10.1. The molecule has 0 unspecified atom stereocenters. The van der Waals surface area contributed by atoms with Gasteiger partial charge >= 0.3 is 6.09 Å². The molecule has 0 spiro atoms. The molecule has 7 nitrogen and oxygen atoms in total. The van der Waals surface area contributed by atoms with Crippen LogP contribution in [0.2, 0.25) is 0 Å². The van der Waals surface area contributed by atoms with Gasteiger partial charge in [-0.2, -0.15) is 0 Å². The van der Waals surface area contributed by atoms with E-state index in [4.69, 9.17) is 4.74 Å². The van der Waals surface area contributed by atoms with E-state index in [9.17, 15) is 9.90 Å². The van der Waals surface area contributed by atoms with Crippen LogP contribution >= 0.6 is 0 Å². The van der Waals surface area contributed by atoms with Crippen molar-refractivity contribution in [3.05, 3.63) is 29.8 Å². The third-order valence-electron chi connectivity index (χ3n) is 3.49. The van der Waals surface area contributed by atoms with Crippen LogP contribution in [0.25, 0.3) is 0 Å². The van der Waals surface area contributed by atoms with Crippen LogP contribution < -0.4 is 16.0 Å². The first-order chi connectivity index (χ1) is 12.8. The molecule has 0 aliphatic carbocycles. The molecule has 0 fully saturated rings. The highest BCUT2D eigenvalue weighted by Gasteiger charge is 2.15. The number of ether oxygens (including phenoxy) is 1. The highest BCUT2D eigenvalue weighted by atomic mass is 16.6. The number of phenolic OH excluding ortho intramolecular Hbond substituents is 1. The van der Waals surface area contributed by atoms with Gasteiger partial charge in [-0.05, 0) is 64.7 Å². The van der Waals surface area contributed by atoms with E-state index in [0.717, 1.165) is 38.3 Å². The molecule has 27 heavy (non-hydrogen) atoms. The molecule has 0 atom stereocenters. The van der Waals surface area contributed by atoms with E-state index in [-0.39, 0.29) is 0 Å². The highest BCUT2D eigenvalue weighted by molar-refractivity contribution is 5.79. The normalized spacial score (nSPS) is 11.8. The van der Waals surface area contributed by atoms with Gasteiger partial charge in [0.2, 0.25) is 0 Å². The van der Waals surface area contributed by atoms with Crippen LogP contribution in [0, 0.1) is 0 Å². The first-order valence-corrected chi connectivity index (χ1v) is 9.57. The number of amides is 1. The number of carbonyl (C=O) groups excluding carboxylic acids is 1. The van der Waals surface area contributed by atoms with E-state index in [2.05, 4.69) is 20.9 Å². The van der Waals surface area contributed by atoms with Gasteiger partial charge in [0.1, 0.15) is 11.4 Å². The monoisotopic (exact) mass is 378 g/mol. The number of hydrogen-bond donors (Lipinski definition) is 4. The molecule has 1 aromatic rings. The number of hydrogen-bond acceptors (Lipinski definition) is 4. The summed E-state index contributed by atoms with van der Waals surface area (Å²) in [7, 11) is 0. The van der Waals surface area contributed by atoms with Crippen molar-refractivity contribution in [1.29, 1.82) is 0 Å². The SMILES string of the molecule is CCNC(=NCCCNC(=O)OC(C)(C)C)NCCCc1ccc(O)cc1. The number of alkyl carbamates (subject to hydrolysis) is 1. The lowest BCUT2D eigenvalue weighted by atomic mass is 10.1. The lowest BCUT2D eigenvalue weighted by molar-refractivity contribution is 0.0527. The first kappa shape index (κ1) is 22.6. The predicted molar refractivity (Wildman–Crippen MR) is 109 cm³/mol. The van der Waals surface area contributed by atoms with Crippen molar-refractivity contribution in [2.75, 3.05) is 26.2 Å². The summed E-state index contributed by atoms with van der Waals surface area (Å²) in [5.74, 6) is 1.07. The fourth-order valence-corrected chi connectivity index (χ4v) is 2.28. The van der Waals surface area contributed by atoms with Gasteiger partial charge in [0.05, 0.1) is 0 Å². The summed E-state index contributed by atoms with van der Waals surface area (Å²) >= 11 is 0. The van der Waals surface area contributed by atoms with Crippen molar-refractivity contribution >= 4 is 12.1 Å². The Morgan fingerprint density at radius 1 is 1.07 bits per heavy atom. The van der Waals surface area contributed by atoms with E-state index >= 15 is 0 Å². The van der Waals surface area contributed by atoms with Gasteiger partial charge in [0.15, 0.2) is 5.96 Å². The molecule has 0 aliphatic heterocycles. The Hall–Kier alpha value is -2.44. The maximum absolute atomic E-state index is 11.6. The molecule has 152 valence electrons. The quantitative estimate of drug-likeness (QED) is 0.301. The summed E-state index contributed by atoms with van der Waals surface area (Å²) in [6, 6.07) is 7.29. The number of aliphatic imine (C=N–C) groups is 1. The average Bonchev–Trinajstić information content (AvgIpc) is 2.58. The predicted octanol–water partition coefficient (Wildman–Crippen LogP) is 2.79. The van der Waals surface area contributed by atoms with Crippen molar-refractivity contribution in [2.45, 2.75) is 52.6 Å². The van der Waals surface area contributed by atoms with Gasteiger partial charge in [-0.3, -0.25) is 4.99 Å². The maximum atomic E-state index is 11.6. The fraction of sp³-hybridized carbons (Fsp3) is 0.600. The Labute approximate surface area is 162 Å². The molecule has 0 heterocycles. The Bertz CT molecular complexity index is 580. The molecule has 1 amide bonds. The van der Waals surface area contributed by atoms with E-state index in [1.165, 1.54) is 5.56 Å². The highest BCUT2D eigenvalue weighted by Crippen LogP contribution is 2.10. The molecular formula is C20H34N4O3. The lowest BCUT2D eigenvalue weighted by Crippen LogP contribution is -2.38. The van der Waals surface area contributed by atoms with Crippen LogP contribution in [0.4, 0.5) is 4.79 Å². The Morgan fingerprint density at radius 3 is 2.37 bits per heavy atom. The Morgan fingerprint density at radius 2 is 1.74 bits per heavy atom. The lowest BCUT2D eigenvalue weighted by Gasteiger charge is -2.19. The first-order valence-electron chi connectivity index (χ1n) is 9.57. The molecule has 0 radical (unpaired) electrons. The van der Waals surface area contributed by atoms with Gasteiger partial charge in [-0.1, -0.05) is 12.1 Å². The van der Waals surface area contributed by atoms with Crippen LogP contribution in [0.15, 0.2) is 29.3 Å². The number of rotatable bonds is 9. The van der Waals surface area contributed by atoms with E-state index in [1.807, 2.05) is 39.8 Å². The fourth-order valence-electron chi connectivity index (χ4n) is 2.28. The van der Waals surface area contributed by atoms with Crippen molar-refractivity contribution < 1.29 is 14.6 Å². The van der Waals surface area contributed by atoms with Gasteiger partial charge in [-0.25, -0.2) is 4.79 Å². The summed E-state index contributed by atoms with van der Waals surface area (Å²) in [5, 5.41) is 18.5. The molecule has 1 aromatic carbocycles. The van der Waals surface area contributed by atoms with Crippen molar-refractivity contribution in [3.8, 4) is 5.75 Å². The molecule has 0 saturated heterocycles. The summed E-state index contributed by atoms with van der Waals surface area (Å²) in [4.78, 5) is 16.1. The second kappa shape index (κ2) is 12.0. The minimum absolute atomic E-state index is 0.291. The maximum Gasteiger partial charge on any atom is 0.407 e. The van der Waals surface area contributed by atoms with Crippen LogP contribution in [0.3, 0.4) is 0 Å². The van der Waals surface area contributed by atoms with Gasteiger partial charge in [0, 0.05) is 26.2 Å². The van der Waals surface area contributed by atoms with Gasteiger partial charge < -0.3 is 25.8 Å². The Balaban J connectivity index is 2.23. The molecule has 0 saturated carbocycles. The zero-order valence-electron chi connectivity index (χ0n) is 17.0. The smallest absolute Gasteiger partial charge is 0.407 e. The van der Waals surface area contributed by atoms with Crippen LogP contribution in [-0.2, 0) is 11.2 Å². The van der Waals surface area contributed by atoms with Crippen LogP contribution in [0.1, 0.15) is 46.1 Å². The van der Waals surface area contributed by atoms with E-state index in [0.29, 0.717) is 18.8 Å². The third-order valence-corrected chi connectivity index (χ3v) is 3.49. The van der Waals surface area contributed by atoms with Gasteiger partial charge in [0.25, 0.3) is 0 Å². The largest absolute Gasteiger partial charge is 0.508 e. The number of guanidine groups is 1. The summed E-state index contributed by atoms with van der Waals surface area (Å²) in [6.45, 7) is 10.3. The number of benzene rings is 1. The van der Waals surface area contributed by atoms with E-state index < -0.39 is 11.7 Å². The molecule has 0 aromatic heterocycles. The second-order valence-corrected chi connectivity index (χ2v) is 7.24. The molecule has 4 N–H and O–H groups in total. The van der Waals surface area contributed by atoms with Crippen molar-refractivity contribution in [2.24, 2.45) is 4.99 Å². The number of aromatic hydroxyl groups is 1. The standard InChI is InChI=1S/C20H34N4O3/c1-5-21-18(22-13-6-8-16-9-11-17(25)12-10-16)23-14-7-15-24-19(26)27-20(2,3)4/h9-12,25H,5-8,13-15H2,1-4H3,(H,24,26)(H2,21,22,23). The number of nitrogens with one attached hydrogen (secondary N) is 3. The summed E-state index contributed by atoms with van der Waals surface area (Å²) < 4.78 is 5.19. The number of aryl methyl sites for hydroxylation is 1. The summed E-state index contributed by atoms with van der Waals surface area (Å²) in [6.07, 6.45) is 2.25. The molecule has 0 aliphatic rings. The number of nitrogens with zero attached hydrogens (tertiary/aromatic N) is 1. The number of phenols is 1. The van der Waals surface area contributed by atoms with Crippen LogP contribution in [0.5, 0.6) is 5.75 Å². The van der Waals surface area contributed by atoms with Crippen LogP contribution in [-0.4, -0.2) is 48.9 Å². The molecule has 7 heteroatoms. The topological polar surface area (TPSA) is 95.0 Å². The minimum Gasteiger partial charge on any atom is -0.508 e. The molecule has 0 bridgehead atoms. The van der Waals surface area contributed by atoms with Crippen molar-refractivity contribution in [3.63, 3.8) is 0 Å². The third kappa shape index (κ3) is 11.7. The summed E-state index contributed by atoms with van der Waals surface area (Å²) in [5.41, 5.74) is 0.717. The second-order valence-electron chi connectivity index (χ2n) is 7.24. The molecular weight excluding hydrogens is 344 g/mol. The van der Waals surface area contributed by atoms with E-state index in [1.54, 1.807) is 12.1 Å². The minimum atomic E-state index is -0.482. The van der Waals surface area contributed by atoms with Gasteiger partial charge in [-0.15, -0.1) is 0 Å². The zero-order chi connectivity index (χ0) is 20.1. The number of carbonyl (C=O) groups is 1. The molecule has 1 rings (SSSR count).